The molecule has 9 heteroatoms. The van der Waals surface area contributed by atoms with E-state index < -0.39 is 4.92 Å². The van der Waals surface area contributed by atoms with Gasteiger partial charge in [0.2, 0.25) is 5.82 Å². The average Bonchev–Trinajstić information content (AvgIpc) is 2.44. The minimum atomic E-state index is -0.560. The van der Waals surface area contributed by atoms with E-state index in [0.717, 1.165) is 13.1 Å². The van der Waals surface area contributed by atoms with Gasteiger partial charge in [-0.05, 0) is 7.05 Å². The fourth-order valence-electron chi connectivity index (χ4n) is 2.01. The van der Waals surface area contributed by atoms with Crippen LogP contribution < -0.4 is 10.1 Å². The van der Waals surface area contributed by atoms with Crippen LogP contribution in [-0.4, -0.2) is 66.3 Å². The van der Waals surface area contributed by atoms with Crippen molar-refractivity contribution in [3.8, 4) is 5.88 Å². The largest absolute Gasteiger partial charge is 0.476 e. The van der Waals surface area contributed by atoms with Crippen LogP contribution in [0.3, 0.4) is 0 Å². The Morgan fingerprint density at radius 2 is 2.45 bits per heavy atom. The van der Waals surface area contributed by atoms with Crippen molar-refractivity contribution in [1.29, 1.82) is 0 Å². The number of nitro groups is 1. The number of anilines is 1. The van der Waals surface area contributed by atoms with Gasteiger partial charge in [-0.1, -0.05) is 0 Å². The first-order chi connectivity index (χ1) is 9.61. The summed E-state index contributed by atoms with van der Waals surface area (Å²) in [5.41, 5.74) is -0.265. The highest BCUT2D eigenvalue weighted by atomic mass is 16.6. The summed E-state index contributed by atoms with van der Waals surface area (Å²) in [5.74, 6) is 0.0767. The third-order valence-electron chi connectivity index (χ3n) is 3.00. The Morgan fingerprint density at radius 1 is 1.65 bits per heavy atom. The number of hydrogen-bond donors (Lipinski definition) is 1. The fraction of sp³-hybridized carbons (Fsp3) is 0.636. The number of nitrogens with zero attached hydrogens (tertiary/aromatic N) is 4. The van der Waals surface area contributed by atoms with Gasteiger partial charge in [0.15, 0.2) is 0 Å². The Labute approximate surface area is 116 Å². The summed E-state index contributed by atoms with van der Waals surface area (Å²) in [6, 6.07) is 0. The minimum absolute atomic E-state index is 0.0330. The summed E-state index contributed by atoms with van der Waals surface area (Å²) in [7, 11) is 3.34. The quantitative estimate of drug-likeness (QED) is 0.601. The summed E-state index contributed by atoms with van der Waals surface area (Å²) in [5, 5.41) is 14.0. The molecule has 1 N–H and O–H groups in total. The molecule has 1 aromatic heterocycles. The van der Waals surface area contributed by atoms with Gasteiger partial charge in [0.1, 0.15) is 6.33 Å². The maximum Gasteiger partial charge on any atom is 0.372 e. The van der Waals surface area contributed by atoms with Crippen LogP contribution >= 0.6 is 0 Å². The molecule has 1 atom stereocenters. The van der Waals surface area contributed by atoms with Crippen molar-refractivity contribution < 1.29 is 14.4 Å². The molecule has 2 rings (SSSR count). The van der Waals surface area contributed by atoms with E-state index in [1.165, 1.54) is 13.4 Å². The van der Waals surface area contributed by atoms with E-state index in [1.54, 1.807) is 0 Å². The van der Waals surface area contributed by atoms with Crippen molar-refractivity contribution in [2.45, 2.75) is 6.10 Å². The molecule has 1 aromatic rings. The zero-order valence-corrected chi connectivity index (χ0v) is 11.4. The van der Waals surface area contributed by atoms with E-state index >= 15 is 0 Å². The molecule has 0 aromatic carbocycles. The topological polar surface area (TPSA) is 103 Å². The molecule has 1 aliphatic rings. The molecule has 1 unspecified atom stereocenters. The second kappa shape index (κ2) is 6.44. The van der Waals surface area contributed by atoms with Gasteiger partial charge in [-0.3, -0.25) is 10.1 Å². The molecule has 0 amide bonds. The molecule has 0 aliphatic carbocycles. The lowest BCUT2D eigenvalue weighted by Crippen LogP contribution is -2.43. The van der Waals surface area contributed by atoms with E-state index in [1.807, 2.05) is 7.05 Å². The van der Waals surface area contributed by atoms with Crippen molar-refractivity contribution in [2.75, 3.05) is 45.7 Å². The van der Waals surface area contributed by atoms with Gasteiger partial charge in [-0.2, -0.15) is 4.98 Å². The predicted octanol–water partition coefficient (Wildman–Crippen LogP) is 0.136. The smallest absolute Gasteiger partial charge is 0.372 e. The van der Waals surface area contributed by atoms with Crippen molar-refractivity contribution >= 4 is 11.5 Å². The summed E-state index contributed by atoms with van der Waals surface area (Å²) >= 11 is 0. The van der Waals surface area contributed by atoms with E-state index in [0.29, 0.717) is 13.2 Å². The van der Waals surface area contributed by atoms with E-state index in [-0.39, 0.29) is 23.5 Å². The van der Waals surface area contributed by atoms with Crippen molar-refractivity contribution in [2.24, 2.45) is 0 Å². The monoisotopic (exact) mass is 283 g/mol. The SMILES string of the molecule is COc1ncnc(NCC2CN(C)CCO2)c1[N+](=O)[O-]. The van der Waals surface area contributed by atoms with Crippen molar-refractivity contribution in [1.82, 2.24) is 14.9 Å². The van der Waals surface area contributed by atoms with Crippen molar-refractivity contribution in [3.05, 3.63) is 16.4 Å². The standard InChI is InChI=1S/C11H17N5O4/c1-15-3-4-20-8(6-15)5-12-10-9(16(17)18)11(19-2)14-7-13-10/h7-8H,3-6H2,1-2H3,(H,12,13,14). The zero-order valence-electron chi connectivity index (χ0n) is 11.4. The number of methoxy groups -OCH3 is 1. The summed E-state index contributed by atoms with van der Waals surface area (Å²) in [6.07, 6.45) is 1.19. The molecule has 110 valence electrons. The molecule has 0 saturated carbocycles. The number of nitrogens with one attached hydrogen (secondary N) is 1. The number of ether oxygens (including phenoxy) is 2. The summed E-state index contributed by atoms with van der Waals surface area (Å²) in [6.45, 7) is 2.74. The number of likely N-dealkylation sites (N-methyl/N-ethyl adjacent to an activating group) is 1. The molecule has 1 aliphatic heterocycles. The molecule has 20 heavy (non-hydrogen) atoms. The molecular weight excluding hydrogens is 266 g/mol. The van der Waals surface area contributed by atoms with Gasteiger partial charge in [0, 0.05) is 19.6 Å². The highest BCUT2D eigenvalue weighted by Crippen LogP contribution is 2.30. The van der Waals surface area contributed by atoms with Crippen LogP contribution in [0.25, 0.3) is 0 Å². The molecular formula is C11H17N5O4. The van der Waals surface area contributed by atoms with Crippen LogP contribution in [0.1, 0.15) is 0 Å². The highest BCUT2D eigenvalue weighted by molar-refractivity contribution is 5.61. The van der Waals surface area contributed by atoms with Gasteiger partial charge < -0.3 is 19.7 Å². The van der Waals surface area contributed by atoms with Gasteiger partial charge >= 0.3 is 5.69 Å². The Balaban J connectivity index is 2.07. The number of aromatic nitrogens is 2. The van der Waals surface area contributed by atoms with Crippen LogP contribution in [0.5, 0.6) is 5.88 Å². The van der Waals surface area contributed by atoms with Gasteiger partial charge in [-0.25, -0.2) is 4.98 Å². The van der Waals surface area contributed by atoms with Crippen LogP contribution in [0.2, 0.25) is 0 Å². The Kier molecular flexibility index (Phi) is 4.64. The molecule has 0 bridgehead atoms. The van der Waals surface area contributed by atoms with Crippen molar-refractivity contribution in [3.63, 3.8) is 0 Å². The normalized spacial score (nSPS) is 19.6. The second-order valence-corrected chi connectivity index (χ2v) is 4.47. The lowest BCUT2D eigenvalue weighted by molar-refractivity contribution is -0.385. The fourth-order valence-corrected chi connectivity index (χ4v) is 2.01. The number of rotatable bonds is 5. The molecule has 1 saturated heterocycles. The van der Waals surface area contributed by atoms with Gasteiger partial charge in [0.25, 0.3) is 5.88 Å². The van der Waals surface area contributed by atoms with E-state index in [4.69, 9.17) is 9.47 Å². The third-order valence-corrected chi connectivity index (χ3v) is 3.00. The minimum Gasteiger partial charge on any atom is -0.476 e. The molecule has 0 spiro atoms. The van der Waals surface area contributed by atoms with Gasteiger partial charge in [-0.15, -0.1) is 0 Å². The molecule has 9 nitrogen and oxygen atoms in total. The maximum absolute atomic E-state index is 11.1. The van der Waals surface area contributed by atoms with Crippen LogP contribution in [0, 0.1) is 10.1 Å². The first kappa shape index (κ1) is 14.4. The van der Waals surface area contributed by atoms with Crippen LogP contribution in [0.15, 0.2) is 6.33 Å². The predicted molar refractivity (Wildman–Crippen MR) is 71.0 cm³/mol. The van der Waals surface area contributed by atoms with E-state index in [2.05, 4.69) is 20.2 Å². The summed E-state index contributed by atoms with van der Waals surface area (Å²) < 4.78 is 10.5. The Bertz CT molecular complexity index is 484. The molecule has 0 radical (unpaired) electrons. The first-order valence-corrected chi connectivity index (χ1v) is 6.19. The second-order valence-electron chi connectivity index (χ2n) is 4.47. The van der Waals surface area contributed by atoms with Crippen LogP contribution in [0.4, 0.5) is 11.5 Å². The Hall–Kier alpha value is -2.00. The number of morpholine rings is 1. The first-order valence-electron chi connectivity index (χ1n) is 6.19. The third kappa shape index (κ3) is 3.31. The lowest BCUT2D eigenvalue weighted by atomic mass is 10.3. The zero-order chi connectivity index (χ0) is 14.5. The van der Waals surface area contributed by atoms with Gasteiger partial charge in [0.05, 0.1) is 24.7 Å². The Morgan fingerprint density at radius 3 is 3.10 bits per heavy atom. The lowest BCUT2D eigenvalue weighted by Gasteiger charge is -2.30. The van der Waals surface area contributed by atoms with E-state index in [9.17, 15) is 10.1 Å². The highest BCUT2D eigenvalue weighted by Gasteiger charge is 2.25. The summed E-state index contributed by atoms with van der Waals surface area (Å²) in [4.78, 5) is 20.3. The molecule has 1 fully saturated rings. The maximum atomic E-state index is 11.1. The number of hydrogen-bond acceptors (Lipinski definition) is 8. The molecule has 2 heterocycles. The van der Waals surface area contributed by atoms with Crippen LogP contribution in [-0.2, 0) is 4.74 Å². The average molecular weight is 283 g/mol.